The molecule has 0 aromatic carbocycles. The van der Waals surface area contributed by atoms with Crippen LogP contribution >= 0.6 is 0 Å². The van der Waals surface area contributed by atoms with Crippen molar-refractivity contribution in [1.29, 1.82) is 0 Å². The molecule has 0 aromatic heterocycles. The lowest BCUT2D eigenvalue weighted by atomic mass is 10.1. The summed E-state index contributed by atoms with van der Waals surface area (Å²) in [5.74, 6) is 1.02. The maximum Gasteiger partial charge on any atom is 0.305 e. The van der Waals surface area contributed by atoms with Crippen LogP contribution in [0.15, 0.2) is 0 Å². The fourth-order valence-corrected chi connectivity index (χ4v) is 4.74. The number of esters is 2. The van der Waals surface area contributed by atoms with Crippen LogP contribution < -0.4 is 0 Å². The second-order valence-electron chi connectivity index (χ2n) is 14.1. The Morgan fingerprint density at radius 1 is 0.276 bits per heavy atom. The van der Waals surface area contributed by atoms with Gasteiger partial charge in [-0.3, -0.25) is 9.59 Å². The fourth-order valence-electron chi connectivity index (χ4n) is 4.74. The van der Waals surface area contributed by atoms with Gasteiger partial charge in [-0.2, -0.15) is 0 Å². The van der Waals surface area contributed by atoms with Gasteiger partial charge in [0.1, 0.15) is 13.2 Å². The minimum Gasteiger partial charge on any atom is -0.463 e. The van der Waals surface area contributed by atoms with E-state index in [1.165, 1.54) is 0 Å². The first-order valence-electron chi connectivity index (χ1n) is 21.7. The first-order chi connectivity index (χ1) is 28.4. The highest BCUT2D eigenvalue weighted by Crippen LogP contribution is 2.09. The lowest BCUT2D eigenvalue weighted by Crippen LogP contribution is -2.16. The van der Waals surface area contributed by atoms with E-state index in [0.717, 1.165) is 38.5 Å². The Morgan fingerprint density at radius 2 is 0.448 bits per heavy atom. The molecule has 0 radical (unpaired) electrons. The highest BCUT2D eigenvalue weighted by Gasteiger charge is 2.05. The molecule has 0 aliphatic heterocycles. The molecular weight excluding hydrogens is 760 g/mol. The maximum atomic E-state index is 11.6. The quantitative estimate of drug-likeness (QED) is 0.0611. The van der Waals surface area contributed by atoms with Crippen molar-refractivity contribution in [1.82, 2.24) is 0 Å². The normalized spacial score (nSPS) is 11.6. The zero-order chi connectivity index (χ0) is 42.3. The Balaban J connectivity index is 3.12. The molecule has 0 saturated carbocycles. The Kier molecular flexibility index (Phi) is 46.9. The van der Waals surface area contributed by atoms with Crippen LogP contribution in [0.1, 0.15) is 79.1 Å². The van der Waals surface area contributed by atoms with Gasteiger partial charge < -0.3 is 66.3 Å². The van der Waals surface area contributed by atoms with Crippen molar-refractivity contribution in [3.63, 3.8) is 0 Å². The van der Waals surface area contributed by atoms with Crippen molar-refractivity contribution < 1.29 is 75.9 Å². The molecule has 0 amide bonds. The Hall–Kier alpha value is -1.54. The zero-order valence-corrected chi connectivity index (χ0v) is 36.7. The fraction of sp³-hybridized carbons (Fsp3) is 0.952. The number of hydrogen-bond acceptors (Lipinski definition) is 16. The maximum absolute atomic E-state index is 11.6. The molecule has 0 aliphatic carbocycles. The summed E-state index contributed by atoms with van der Waals surface area (Å²) in [6, 6.07) is 0. The minimum absolute atomic E-state index is 0.158. The Bertz CT molecular complexity index is 769. The van der Waals surface area contributed by atoms with E-state index >= 15 is 0 Å². The van der Waals surface area contributed by atoms with Crippen molar-refractivity contribution in [2.45, 2.75) is 79.1 Å². The molecule has 0 aliphatic rings. The summed E-state index contributed by atoms with van der Waals surface area (Å²) in [4.78, 5) is 23.3. The first-order valence-corrected chi connectivity index (χ1v) is 21.7. The van der Waals surface area contributed by atoms with Crippen LogP contribution in [0.5, 0.6) is 0 Å². The van der Waals surface area contributed by atoms with Crippen molar-refractivity contribution in [3.05, 3.63) is 0 Å². The summed E-state index contributed by atoms with van der Waals surface area (Å²) in [5, 5.41) is 0. The molecular formula is C42H82O16. The molecule has 0 unspecified atom stereocenters. The average Bonchev–Trinajstić information content (AvgIpc) is 3.20. The first kappa shape index (κ1) is 56.5. The summed E-state index contributed by atoms with van der Waals surface area (Å²) in [5.41, 5.74) is 0. The van der Waals surface area contributed by atoms with Crippen LogP contribution in [-0.2, 0) is 75.9 Å². The molecule has 0 bridgehead atoms. The van der Waals surface area contributed by atoms with Gasteiger partial charge in [-0.1, -0.05) is 53.4 Å². The molecule has 0 rings (SSSR count). The monoisotopic (exact) mass is 843 g/mol. The van der Waals surface area contributed by atoms with Crippen molar-refractivity contribution in [2.24, 2.45) is 11.8 Å². The van der Waals surface area contributed by atoms with E-state index in [4.69, 9.17) is 66.3 Å². The number of ether oxygens (including phenoxy) is 14. The van der Waals surface area contributed by atoms with E-state index in [1.807, 2.05) is 0 Å². The summed E-state index contributed by atoms with van der Waals surface area (Å²) >= 11 is 0. The molecule has 0 fully saturated rings. The summed E-state index contributed by atoms with van der Waals surface area (Å²) in [6.45, 7) is 20.6. The van der Waals surface area contributed by atoms with E-state index in [-0.39, 0.29) is 25.2 Å². The largest absolute Gasteiger partial charge is 0.463 e. The molecule has 0 aromatic rings. The van der Waals surface area contributed by atoms with Crippen molar-refractivity contribution in [3.8, 4) is 0 Å². The minimum atomic E-state index is -0.158. The Morgan fingerprint density at radius 3 is 0.621 bits per heavy atom. The molecule has 0 atom stereocenters. The lowest BCUT2D eigenvalue weighted by Gasteiger charge is -2.09. The van der Waals surface area contributed by atoms with Gasteiger partial charge in [-0.25, -0.2) is 0 Å². The number of rotatable bonds is 49. The topological polar surface area (TPSA) is 163 Å². The van der Waals surface area contributed by atoms with Crippen molar-refractivity contribution in [2.75, 3.05) is 172 Å². The van der Waals surface area contributed by atoms with Crippen LogP contribution in [0.4, 0.5) is 0 Å². The van der Waals surface area contributed by atoms with Crippen LogP contribution in [0, 0.1) is 11.8 Å². The predicted octanol–water partition coefficient (Wildman–Crippen LogP) is 4.70. The van der Waals surface area contributed by atoms with Gasteiger partial charge in [0, 0.05) is 12.8 Å². The van der Waals surface area contributed by atoms with Gasteiger partial charge in [-0.15, -0.1) is 0 Å². The predicted molar refractivity (Wildman–Crippen MR) is 218 cm³/mol. The molecule has 58 heavy (non-hydrogen) atoms. The lowest BCUT2D eigenvalue weighted by molar-refractivity contribution is -0.146. The van der Waals surface area contributed by atoms with Crippen LogP contribution in [0.25, 0.3) is 0 Å². The Labute approximate surface area is 350 Å². The van der Waals surface area contributed by atoms with E-state index in [9.17, 15) is 9.59 Å². The molecule has 0 N–H and O–H groups in total. The van der Waals surface area contributed by atoms with Crippen LogP contribution in [-0.4, -0.2) is 184 Å². The molecule has 16 nitrogen and oxygen atoms in total. The highest BCUT2D eigenvalue weighted by molar-refractivity contribution is 5.69. The third kappa shape index (κ3) is 50.6. The van der Waals surface area contributed by atoms with Crippen LogP contribution in [0.2, 0.25) is 0 Å². The molecule has 0 saturated heterocycles. The molecule has 0 heterocycles. The number of carbonyl (C=O) groups is 2. The third-order valence-electron chi connectivity index (χ3n) is 7.90. The van der Waals surface area contributed by atoms with Gasteiger partial charge in [0.05, 0.1) is 159 Å². The van der Waals surface area contributed by atoms with Crippen molar-refractivity contribution >= 4 is 11.9 Å². The molecule has 16 heteroatoms. The van der Waals surface area contributed by atoms with E-state index in [0.29, 0.717) is 183 Å². The van der Waals surface area contributed by atoms with Gasteiger partial charge in [0.2, 0.25) is 0 Å². The van der Waals surface area contributed by atoms with Gasteiger partial charge >= 0.3 is 11.9 Å². The summed E-state index contributed by atoms with van der Waals surface area (Å²) < 4.78 is 76.0. The molecule has 346 valence electrons. The van der Waals surface area contributed by atoms with E-state index in [2.05, 4.69) is 27.7 Å². The second kappa shape index (κ2) is 48.1. The average molecular weight is 843 g/mol. The SMILES string of the molecule is CC(C)CCCCC(=O)OCCOCCOCCOCCOCCOCCOCCOCCOCCOCCOCCOCCOCCOC(=O)CCCCC(C)C. The third-order valence-corrected chi connectivity index (χ3v) is 7.90. The smallest absolute Gasteiger partial charge is 0.305 e. The zero-order valence-electron chi connectivity index (χ0n) is 36.7. The van der Waals surface area contributed by atoms with Gasteiger partial charge in [0.25, 0.3) is 0 Å². The number of hydrogen-bond donors (Lipinski definition) is 0. The van der Waals surface area contributed by atoms with E-state index < -0.39 is 0 Å². The van der Waals surface area contributed by atoms with E-state index in [1.54, 1.807) is 0 Å². The second-order valence-corrected chi connectivity index (χ2v) is 14.1. The molecule has 0 spiro atoms. The number of unbranched alkanes of at least 4 members (excludes halogenated alkanes) is 2. The van der Waals surface area contributed by atoms with Gasteiger partial charge in [0.15, 0.2) is 0 Å². The summed E-state index contributed by atoms with van der Waals surface area (Å²) in [6.07, 6.45) is 7.09. The highest BCUT2D eigenvalue weighted by atomic mass is 16.6. The van der Waals surface area contributed by atoms with Gasteiger partial charge in [-0.05, 0) is 24.7 Å². The standard InChI is InChI=1S/C42H82O16/c1-39(2)9-5-7-11-41(43)57-37-35-55-33-31-53-29-27-51-25-23-49-21-19-47-17-15-45-13-14-46-16-18-48-20-22-50-24-26-52-28-30-54-32-34-56-36-38-58-42(44)12-8-6-10-40(3)4/h39-40H,5-38H2,1-4H3. The van der Waals surface area contributed by atoms with Crippen LogP contribution in [0.3, 0.4) is 0 Å². The summed E-state index contributed by atoms with van der Waals surface area (Å²) in [7, 11) is 0. The number of carbonyl (C=O) groups excluding carboxylic acids is 2.